The van der Waals surface area contributed by atoms with Crippen molar-refractivity contribution in [1.29, 1.82) is 0 Å². The van der Waals surface area contributed by atoms with E-state index in [2.05, 4.69) is 5.32 Å². The number of fused-ring (bicyclic) bond motifs is 2. The van der Waals surface area contributed by atoms with Crippen molar-refractivity contribution in [2.75, 3.05) is 5.32 Å². The molecule has 0 atom stereocenters. The van der Waals surface area contributed by atoms with Crippen LogP contribution in [0.25, 0.3) is 0 Å². The lowest BCUT2D eigenvalue weighted by atomic mass is 10.0. The summed E-state index contributed by atoms with van der Waals surface area (Å²) < 4.78 is 5.82. The molecular formula is C22H17NO7. The number of anilines is 2. The van der Waals surface area contributed by atoms with Crippen LogP contribution in [0.3, 0.4) is 0 Å². The van der Waals surface area contributed by atoms with Crippen LogP contribution in [0.1, 0.15) is 31.8 Å². The third-order valence-electron chi connectivity index (χ3n) is 4.85. The number of aromatic hydroxyl groups is 2. The first kappa shape index (κ1) is 19.1. The molecule has 152 valence electrons. The van der Waals surface area contributed by atoms with E-state index in [1.165, 1.54) is 18.2 Å². The number of hydrogen-bond acceptors (Lipinski definition) is 6. The SMILES string of the molecule is O=C(O)c1cc2c(c(C(=O)O)c1)Nc1ccc(CCc3ccc(O)c(O)c3)cc1O2. The molecule has 3 aromatic rings. The molecule has 0 amide bonds. The van der Waals surface area contributed by atoms with Crippen LogP contribution in [0, 0.1) is 0 Å². The van der Waals surface area contributed by atoms with E-state index in [4.69, 9.17) is 4.74 Å². The van der Waals surface area contributed by atoms with Crippen molar-refractivity contribution >= 4 is 23.3 Å². The fourth-order valence-electron chi connectivity index (χ4n) is 3.29. The van der Waals surface area contributed by atoms with Crippen molar-refractivity contribution in [3.63, 3.8) is 0 Å². The van der Waals surface area contributed by atoms with Crippen LogP contribution < -0.4 is 10.1 Å². The summed E-state index contributed by atoms with van der Waals surface area (Å²) in [5.41, 5.74) is 2.18. The van der Waals surface area contributed by atoms with Crippen LogP contribution in [0.15, 0.2) is 48.5 Å². The van der Waals surface area contributed by atoms with Crippen LogP contribution in [0.4, 0.5) is 11.4 Å². The first-order chi connectivity index (χ1) is 14.3. The van der Waals surface area contributed by atoms with Gasteiger partial charge < -0.3 is 30.5 Å². The minimum Gasteiger partial charge on any atom is -0.504 e. The molecule has 5 N–H and O–H groups in total. The highest BCUT2D eigenvalue weighted by Crippen LogP contribution is 2.44. The van der Waals surface area contributed by atoms with Gasteiger partial charge in [0.25, 0.3) is 0 Å². The van der Waals surface area contributed by atoms with Crippen LogP contribution in [0.2, 0.25) is 0 Å². The van der Waals surface area contributed by atoms with Gasteiger partial charge in [0, 0.05) is 0 Å². The largest absolute Gasteiger partial charge is 0.504 e. The Bertz CT molecular complexity index is 1190. The van der Waals surface area contributed by atoms with Crippen LogP contribution in [-0.4, -0.2) is 32.4 Å². The predicted octanol–water partition coefficient (Wildman–Crippen LogP) is 4.13. The highest BCUT2D eigenvalue weighted by Gasteiger charge is 2.25. The van der Waals surface area contributed by atoms with E-state index in [-0.39, 0.29) is 34.1 Å². The van der Waals surface area contributed by atoms with E-state index in [1.54, 1.807) is 18.2 Å². The number of hydrogen-bond donors (Lipinski definition) is 5. The molecular weight excluding hydrogens is 390 g/mol. The van der Waals surface area contributed by atoms with Gasteiger partial charge in [0.15, 0.2) is 23.0 Å². The van der Waals surface area contributed by atoms with E-state index < -0.39 is 11.9 Å². The molecule has 0 radical (unpaired) electrons. The minimum atomic E-state index is -1.26. The van der Waals surface area contributed by atoms with Gasteiger partial charge in [-0.3, -0.25) is 0 Å². The lowest BCUT2D eigenvalue weighted by molar-refractivity contribution is 0.0696. The normalized spacial score (nSPS) is 11.6. The van der Waals surface area contributed by atoms with Gasteiger partial charge in [-0.15, -0.1) is 0 Å². The van der Waals surface area contributed by atoms with Gasteiger partial charge in [-0.05, 0) is 60.4 Å². The first-order valence-electron chi connectivity index (χ1n) is 9.05. The molecule has 1 aliphatic rings. The number of carbonyl (C=O) groups is 2. The topological polar surface area (TPSA) is 136 Å². The second kappa shape index (κ2) is 7.32. The Labute approximate surface area is 170 Å². The number of rotatable bonds is 5. The summed E-state index contributed by atoms with van der Waals surface area (Å²) in [6.45, 7) is 0. The summed E-state index contributed by atoms with van der Waals surface area (Å²) in [6.07, 6.45) is 1.24. The number of carboxylic acids is 2. The molecule has 0 aromatic heterocycles. The summed E-state index contributed by atoms with van der Waals surface area (Å²) in [5.74, 6) is -2.28. The van der Waals surface area contributed by atoms with Crippen LogP contribution >= 0.6 is 0 Å². The Hall–Kier alpha value is -4.20. The predicted molar refractivity (Wildman–Crippen MR) is 107 cm³/mol. The quantitative estimate of drug-likeness (QED) is 0.312. The smallest absolute Gasteiger partial charge is 0.337 e. The average Bonchev–Trinajstić information content (AvgIpc) is 2.71. The average molecular weight is 407 g/mol. The molecule has 1 aliphatic heterocycles. The van der Waals surface area contributed by atoms with Crippen molar-refractivity contribution in [3.8, 4) is 23.0 Å². The van der Waals surface area contributed by atoms with Crippen LogP contribution in [-0.2, 0) is 12.8 Å². The van der Waals surface area contributed by atoms with Crippen molar-refractivity contribution in [2.24, 2.45) is 0 Å². The fourth-order valence-corrected chi connectivity index (χ4v) is 3.29. The number of carboxylic acid groups (broad SMARTS) is 2. The molecule has 0 fully saturated rings. The molecule has 0 saturated carbocycles. The summed E-state index contributed by atoms with van der Waals surface area (Å²) in [6, 6.07) is 12.5. The number of phenolic OH excluding ortho intramolecular Hbond substituents is 2. The number of benzene rings is 3. The van der Waals surface area contributed by atoms with E-state index in [1.807, 2.05) is 6.07 Å². The summed E-state index contributed by atoms with van der Waals surface area (Å²) in [7, 11) is 0. The third-order valence-corrected chi connectivity index (χ3v) is 4.85. The monoisotopic (exact) mass is 407 g/mol. The highest BCUT2D eigenvalue weighted by atomic mass is 16.5. The summed E-state index contributed by atoms with van der Waals surface area (Å²) in [5, 5.41) is 40.7. The number of aryl methyl sites for hydroxylation is 2. The zero-order valence-corrected chi connectivity index (χ0v) is 15.5. The number of ether oxygens (including phenoxy) is 1. The highest BCUT2D eigenvalue weighted by molar-refractivity contribution is 6.02. The van der Waals surface area contributed by atoms with Gasteiger partial charge in [0.2, 0.25) is 0 Å². The number of nitrogens with one attached hydrogen (secondary N) is 1. The molecule has 30 heavy (non-hydrogen) atoms. The lowest BCUT2D eigenvalue weighted by Gasteiger charge is -2.24. The van der Waals surface area contributed by atoms with Gasteiger partial charge >= 0.3 is 11.9 Å². The van der Waals surface area contributed by atoms with Crippen molar-refractivity contribution < 1.29 is 34.8 Å². The number of aromatic carboxylic acids is 2. The van der Waals surface area contributed by atoms with Crippen molar-refractivity contribution in [3.05, 3.63) is 70.8 Å². The maximum absolute atomic E-state index is 11.6. The van der Waals surface area contributed by atoms with E-state index >= 15 is 0 Å². The standard InChI is InChI=1S/C22H17NO7/c24-16-6-4-11(7-17(16)25)1-2-12-3-5-15-18(8-12)30-19-10-13(21(26)27)9-14(22(28)29)20(19)23-15/h3-10,23-25H,1-2H2,(H,26,27)(H,28,29). The molecule has 8 nitrogen and oxygen atoms in total. The Morgan fingerprint density at radius 2 is 1.50 bits per heavy atom. The van der Waals surface area contributed by atoms with Crippen molar-refractivity contribution in [2.45, 2.75) is 12.8 Å². The molecule has 0 saturated heterocycles. The molecule has 0 spiro atoms. The third kappa shape index (κ3) is 3.58. The molecule has 0 bridgehead atoms. The Kier molecular flexibility index (Phi) is 4.67. The van der Waals surface area contributed by atoms with Gasteiger partial charge in [-0.1, -0.05) is 12.1 Å². The van der Waals surface area contributed by atoms with Gasteiger partial charge in [-0.25, -0.2) is 9.59 Å². The Morgan fingerprint density at radius 1 is 0.800 bits per heavy atom. The molecule has 4 rings (SSSR count). The van der Waals surface area contributed by atoms with Crippen LogP contribution in [0.5, 0.6) is 23.0 Å². The zero-order valence-electron chi connectivity index (χ0n) is 15.5. The van der Waals surface area contributed by atoms with Gasteiger partial charge in [-0.2, -0.15) is 0 Å². The Balaban J connectivity index is 1.60. The Morgan fingerprint density at radius 3 is 2.17 bits per heavy atom. The summed E-state index contributed by atoms with van der Waals surface area (Å²) in [4.78, 5) is 22.9. The van der Waals surface area contributed by atoms with Crippen molar-refractivity contribution in [1.82, 2.24) is 0 Å². The zero-order chi connectivity index (χ0) is 21.4. The maximum atomic E-state index is 11.6. The second-order valence-electron chi connectivity index (χ2n) is 6.89. The van der Waals surface area contributed by atoms with Gasteiger partial charge in [0.05, 0.1) is 22.5 Å². The molecule has 3 aromatic carbocycles. The molecule has 0 aliphatic carbocycles. The minimum absolute atomic E-state index is 0.125. The molecule has 0 unspecified atom stereocenters. The van der Waals surface area contributed by atoms with E-state index in [0.717, 1.165) is 17.2 Å². The molecule has 8 heteroatoms. The summed E-state index contributed by atoms with van der Waals surface area (Å²) >= 11 is 0. The lowest BCUT2D eigenvalue weighted by Crippen LogP contribution is -2.11. The van der Waals surface area contributed by atoms with E-state index in [9.17, 15) is 30.0 Å². The first-order valence-corrected chi connectivity index (χ1v) is 9.05. The maximum Gasteiger partial charge on any atom is 0.337 e. The second-order valence-corrected chi connectivity index (χ2v) is 6.89. The number of phenols is 2. The van der Waals surface area contributed by atoms with Gasteiger partial charge in [0.1, 0.15) is 0 Å². The fraction of sp³-hybridized carbons (Fsp3) is 0.0909. The molecule has 1 heterocycles. The van der Waals surface area contributed by atoms with E-state index in [0.29, 0.717) is 24.3 Å².